The Morgan fingerprint density at radius 3 is 2.66 bits per heavy atom. The molecular formula is C25H26F3N3O. The minimum Gasteiger partial charge on any atom is -0.357 e. The third-order valence-electron chi connectivity index (χ3n) is 6.81. The number of halogens is 3. The second-order valence-corrected chi connectivity index (χ2v) is 8.99. The number of aromatic nitrogens is 1. The molecule has 2 aliphatic rings. The molecule has 2 fully saturated rings. The number of nitrogens with zero attached hydrogens (tertiary/aromatic N) is 2. The summed E-state index contributed by atoms with van der Waals surface area (Å²) in [4.78, 5) is 20.4. The Labute approximate surface area is 185 Å². The van der Waals surface area contributed by atoms with Crippen molar-refractivity contribution in [3.05, 3.63) is 71.4 Å². The highest BCUT2D eigenvalue weighted by Crippen LogP contribution is 2.34. The zero-order valence-corrected chi connectivity index (χ0v) is 17.7. The number of amides is 1. The maximum absolute atomic E-state index is 13.1. The molecule has 0 saturated carbocycles. The monoisotopic (exact) mass is 441 g/mol. The molecule has 7 heteroatoms. The van der Waals surface area contributed by atoms with Gasteiger partial charge in [-0.1, -0.05) is 30.3 Å². The van der Waals surface area contributed by atoms with E-state index in [4.69, 9.17) is 0 Å². The number of piperidine rings is 2. The lowest BCUT2D eigenvalue weighted by molar-refractivity contribution is -0.142. The van der Waals surface area contributed by atoms with Crippen molar-refractivity contribution in [3.63, 3.8) is 0 Å². The Bertz CT molecular complexity index is 1090. The third kappa shape index (κ3) is 4.26. The van der Waals surface area contributed by atoms with Gasteiger partial charge in [-0.2, -0.15) is 13.2 Å². The number of H-pyrrole nitrogens is 1. The number of rotatable bonds is 4. The number of likely N-dealkylation sites (tertiary alicyclic amines) is 2. The summed E-state index contributed by atoms with van der Waals surface area (Å²) < 4.78 is 39.3. The average Bonchev–Trinajstić information content (AvgIpc) is 3.18. The zero-order chi connectivity index (χ0) is 22.3. The number of fused-ring (bicyclic) bond motifs is 2. The molecule has 1 N–H and O–H groups in total. The highest BCUT2D eigenvalue weighted by atomic mass is 19.4. The van der Waals surface area contributed by atoms with Crippen LogP contribution in [0.25, 0.3) is 10.9 Å². The number of alkyl halides is 3. The van der Waals surface area contributed by atoms with Crippen LogP contribution in [0.4, 0.5) is 13.2 Å². The topological polar surface area (TPSA) is 39.3 Å². The molecule has 2 saturated heterocycles. The number of carbonyl (C=O) groups is 1. The van der Waals surface area contributed by atoms with Crippen molar-refractivity contribution in [1.29, 1.82) is 0 Å². The molecule has 32 heavy (non-hydrogen) atoms. The molecule has 0 aliphatic carbocycles. The van der Waals surface area contributed by atoms with E-state index in [2.05, 4.69) is 28.1 Å². The Morgan fingerprint density at radius 1 is 1.00 bits per heavy atom. The predicted octanol–water partition coefficient (Wildman–Crippen LogP) is 5.20. The van der Waals surface area contributed by atoms with Crippen LogP contribution < -0.4 is 0 Å². The molecule has 0 radical (unpaired) electrons. The SMILES string of the molecule is O=C1CC[C@@H]2CN(Cc3cc4ccccc4[nH]3)CC[C@@H]2N1Cc1cccc(C(F)(F)F)c1. The number of hydrogen-bond acceptors (Lipinski definition) is 2. The van der Waals surface area contributed by atoms with Crippen molar-refractivity contribution in [2.75, 3.05) is 13.1 Å². The summed E-state index contributed by atoms with van der Waals surface area (Å²) in [6, 6.07) is 15.8. The van der Waals surface area contributed by atoms with Crippen molar-refractivity contribution in [2.45, 2.75) is 44.6 Å². The fourth-order valence-electron chi connectivity index (χ4n) is 5.28. The Balaban J connectivity index is 1.27. The van der Waals surface area contributed by atoms with E-state index < -0.39 is 11.7 Å². The van der Waals surface area contributed by atoms with Crippen LogP contribution in [0.5, 0.6) is 0 Å². The molecule has 2 atom stereocenters. The highest BCUT2D eigenvalue weighted by Gasteiger charge is 2.39. The molecule has 5 rings (SSSR count). The fourth-order valence-corrected chi connectivity index (χ4v) is 5.28. The summed E-state index contributed by atoms with van der Waals surface area (Å²) >= 11 is 0. The van der Waals surface area contributed by atoms with Gasteiger partial charge in [0.25, 0.3) is 0 Å². The van der Waals surface area contributed by atoms with E-state index in [-0.39, 0.29) is 18.5 Å². The van der Waals surface area contributed by atoms with Crippen molar-refractivity contribution >= 4 is 16.8 Å². The van der Waals surface area contributed by atoms with Crippen molar-refractivity contribution in [3.8, 4) is 0 Å². The van der Waals surface area contributed by atoms with Gasteiger partial charge in [0.05, 0.1) is 5.56 Å². The molecule has 2 aliphatic heterocycles. The van der Waals surface area contributed by atoms with Gasteiger partial charge >= 0.3 is 6.18 Å². The summed E-state index contributed by atoms with van der Waals surface area (Å²) in [5.41, 5.74) is 2.18. The molecule has 168 valence electrons. The lowest BCUT2D eigenvalue weighted by Crippen LogP contribution is -2.55. The number of hydrogen-bond donors (Lipinski definition) is 1. The first-order chi connectivity index (χ1) is 15.4. The molecule has 1 amide bonds. The maximum Gasteiger partial charge on any atom is 0.416 e. The van der Waals surface area contributed by atoms with Gasteiger partial charge in [-0.05, 0) is 54.0 Å². The van der Waals surface area contributed by atoms with Crippen molar-refractivity contribution in [2.24, 2.45) is 5.92 Å². The van der Waals surface area contributed by atoms with Crippen molar-refractivity contribution in [1.82, 2.24) is 14.8 Å². The summed E-state index contributed by atoms with van der Waals surface area (Å²) in [5.74, 6) is 0.393. The van der Waals surface area contributed by atoms with Crippen molar-refractivity contribution < 1.29 is 18.0 Å². The minimum atomic E-state index is -4.38. The smallest absolute Gasteiger partial charge is 0.357 e. The summed E-state index contributed by atoms with van der Waals surface area (Å²) in [6.45, 7) is 2.83. The predicted molar refractivity (Wildman–Crippen MR) is 117 cm³/mol. The maximum atomic E-state index is 13.1. The first kappa shape index (κ1) is 21.1. The van der Waals surface area contributed by atoms with Gasteiger partial charge in [0.1, 0.15) is 0 Å². The number of benzene rings is 2. The number of nitrogens with one attached hydrogen (secondary N) is 1. The van der Waals surface area contributed by atoms with Gasteiger partial charge < -0.3 is 9.88 Å². The molecule has 2 aromatic carbocycles. The summed E-state index contributed by atoms with van der Waals surface area (Å²) in [5, 5.41) is 1.20. The quantitative estimate of drug-likeness (QED) is 0.605. The lowest BCUT2D eigenvalue weighted by atomic mass is 9.83. The van der Waals surface area contributed by atoms with E-state index >= 15 is 0 Å². The highest BCUT2D eigenvalue weighted by molar-refractivity contribution is 5.80. The molecule has 0 bridgehead atoms. The molecule has 4 nitrogen and oxygen atoms in total. The van der Waals surface area contributed by atoms with Crippen LogP contribution in [0.2, 0.25) is 0 Å². The van der Waals surface area contributed by atoms with E-state index in [0.29, 0.717) is 17.9 Å². The molecule has 0 unspecified atom stereocenters. The Morgan fingerprint density at radius 2 is 1.84 bits per heavy atom. The van der Waals surface area contributed by atoms with Crippen LogP contribution in [0.3, 0.4) is 0 Å². The van der Waals surface area contributed by atoms with Crippen LogP contribution in [-0.2, 0) is 24.1 Å². The first-order valence-electron chi connectivity index (χ1n) is 11.1. The molecule has 1 aromatic heterocycles. The van der Waals surface area contributed by atoms with E-state index in [9.17, 15) is 18.0 Å². The average molecular weight is 441 g/mol. The molecular weight excluding hydrogens is 415 g/mol. The second kappa shape index (κ2) is 8.28. The third-order valence-corrected chi connectivity index (χ3v) is 6.81. The normalized spacial score (nSPS) is 22.3. The van der Waals surface area contributed by atoms with Gasteiger partial charge in [0, 0.05) is 49.9 Å². The van der Waals surface area contributed by atoms with Gasteiger partial charge in [-0.25, -0.2) is 0 Å². The number of carbonyl (C=O) groups excluding carboxylic acids is 1. The summed E-state index contributed by atoms with van der Waals surface area (Å²) in [7, 11) is 0. The first-order valence-corrected chi connectivity index (χ1v) is 11.1. The Kier molecular flexibility index (Phi) is 5.45. The summed E-state index contributed by atoms with van der Waals surface area (Å²) in [6.07, 6.45) is -2.24. The van der Waals surface area contributed by atoms with E-state index in [1.807, 2.05) is 17.0 Å². The van der Waals surface area contributed by atoms with E-state index in [0.717, 1.165) is 44.1 Å². The van der Waals surface area contributed by atoms with Gasteiger partial charge in [0.15, 0.2) is 0 Å². The Hall–Kier alpha value is -2.80. The van der Waals surface area contributed by atoms with E-state index in [1.54, 1.807) is 6.07 Å². The standard InChI is InChI=1S/C25H26F3N3O/c26-25(27,28)20-6-3-4-17(12-20)14-31-23-10-11-30(15-19(23)8-9-24(31)32)16-21-13-18-5-1-2-7-22(18)29-21/h1-7,12-13,19,23,29H,8-11,14-16H2/t19-,23+/m1/s1. The molecule has 3 heterocycles. The second-order valence-electron chi connectivity index (χ2n) is 8.99. The number of aromatic amines is 1. The van der Waals surface area contributed by atoms with Crippen LogP contribution in [0.15, 0.2) is 54.6 Å². The fraction of sp³-hybridized carbons (Fsp3) is 0.400. The van der Waals surface area contributed by atoms with Crippen LogP contribution in [-0.4, -0.2) is 39.8 Å². The minimum absolute atomic E-state index is 0.0488. The largest absolute Gasteiger partial charge is 0.416 e. The van der Waals surface area contributed by atoms with Gasteiger partial charge in [0.2, 0.25) is 5.91 Å². The van der Waals surface area contributed by atoms with Crippen LogP contribution in [0, 0.1) is 5.92 Å². The van der Waals surface area contributed by atoms with Gasteiger partial charge in [-0.3, -0.25) is 9.69 Å². The van der Waals surface area contributed by atoms with Crippen LogP contribution >= 0.6 is 0 Å². The zero-order valence-electron chi connectivity index (χ0n) is 17.7. The molecule has 3 aromatic rings. The molecule has 0 spiro atoms. The van der Waals surface area contributed by atoms with Crippen LogP contribution in [0.1, 0.15) is 36.1 Å². The lowest BCUT2D eigenvalue weighted by Gasteiger charge is -2.47. The van der Waals surface area contributed by atoms with E-state index in [1.165, 1.54) is 23.2 Å². The number of para-hydroxylation sites is 1. The van der Waals surface area contributed by atoms with Gasteiger partial charge in [-0.15, -0.1) is 0 Å².